The first-order chi connectivity index (χ1) is 10.8. The Kier molecular flexibility index (Phi) is 4.71. The summed E-state index contributed by atoms with van der Waals surface area (Å²) in [5.74, 6) is -0.622. The minimum absolute atomic E-state index is 0.109. The topological polar surface area (TPSA) is 89.1 Å². The smallest absolute Gasteiger partial charge is 0.382 e. The van der Waals surface area contributed by atoms with Crippen LogP contribution in [0.25, 0.3) is 0 Å². The van der Waals surface area contributed by atoms with Crippen molar-refractivity contribution in [2.24, 2.45) is 16.0 Å². The average molecular weight is 330 g/mol. The quantitative estimate of drug-likeness (QED) is 0.798. The van der Waals surface area contributed by atoms with Gasteiger partial charge in [-0.15, -0.1) is 10.2 Å². The van der Waals surface area contributed by atoms with E-state index in [4.69, 9.17) is 10.5 Å². The average Bonchev–Trinajstić information content (AvgIpc) is 3.29. The maximum absolute atomic E-state index is 12.7. The summed E-state index contributed by atoms with van der Waals surface area (Å²) in [6.45, 7) is -0.358. The van der Waals surface area contributed by atoms with Crippen LogP contribution in [0.1, 0.15) is 12.0 Å². The fraction of sp³-hybridized carbons (Fsp3) is 0.500. The van der Waals surface area contributed by atoms with Crippen LogP contribution in [-0.2, 0) is 15.1 Å². The molecule has 1 aliphatic heterocycles. The molecule has 23 heavy (non-hydrogen) atoms. The molecule has 1 unspecified atom stereocenters. The van der Waals surface area contributed by atoms with Gasteiger partial charge in [0.15, 0.2) is 0 Å². The highest BCUT2D eigenvalue weighted by Gasteiger charge is 2.63. The highest BCUT2D eigenvalue weighted by atomic mass is 19.4. The van der Waals surface area contributed by atoms with Gasteiger partial charge in [-0.25, -0.2) is 0 Å². The molecular weight excluding hydrogens is 313 g/mol. The predicted octanol–water partition coefficient (Wildman–Crippen LogP) is 1.72. The van der Waals surface area contributed by atoms with E-state index in [-0.39, 0.29) is 13.2 Å². The number of alkyl halides is 3. The molecule has 9 heteroatoms. The van der Waals surface area contributed by atoms with Gasteiger partial charge in [0.05, 0.1) is 6.61 Å². The Labute approximate surface area is 130 Å². The summed E-state index contributed by atoms with van der Waals surface area (Å²) in [5.41, 5.74) is 2.75. The zero-order valence-corrected chi connectivity index (χ0v) is 12.4. The molecule has 1 atom stereocenters. The molecule has 126 valence electrons. The van der Waals surface area contributed by atoms with E-state index in [1.54, 1.807) is 30.3 Å². The van der Waals surface area contributed by atoms with E-state index in [0.717, 1.165) is 0 Å². The fourth-order valence-corrected chi connectivity index (χ4v) is 2.17. The van der Waals surface area contributed by atoms with Crippen LogP contribution in [0.2, 0.25) is 0 Å². The highest BCUT2D eigenvalue weighted by Crippen LogP contribution is 2.46. The van der Waals surface area contributed by atoms with Gasteiger partial charge in [0, 0.05) is 20.1 Å². The van der Waals surface area contributed by atoms with Gasteiger partial charge in [-0.1, -0.05) is 30.3 Å². The summed E-state index contributed by atoms with van der Waals surface area (Å²) in [6.07, 6.45) is -5.01. The van der Waals surface area contributed by atoms with E-state index in [2.05, 4.69) is 15.5 Å². The van der Waals surface area contributed by atoms with Gasteiger partial charge in [0.25, 0.3) is 5.66 Å². The Balaban J connectivity index is 2.00. The molecule has 2 rings (SSSR count). The van der Waals surface area contributed by atoms with Crippen LogP contribution in [0.4, 0.5) is 13.2 Å². The maximum Gasteiger partial charge on any atom is 0.437 e. The van der Waals surface area contributed by atoms with Crippen LogP contribution in [0.3, 0.4) is 0 Å². The number of carbonyl (C=O) groups excluding carboxylic acids is 1. The Hall–Kier alpha value is -2.00. The van der Waals surface area contributed by atoms with Crippen molar-refractivity contribution >= 4 is 5.91 Å². The van der Waals surface area contributed by atoms with E-state index in [1.165, 1.54) is 7.11 Å². The minimum atomic E-state index is -4.55. The van der Waals surface area contributed by atoms with Crippen LogP contribution in [0.5, 0.6) is 0 Å². The van der Waals surface area contributed by atoms with Gasteiger partial charge in [-0.3, -0.25) is 4.79 Å². The molecule has 0 saturated carbocycles. The number of hydrogen-bond acceptors (Lipinski definition) is 5. The number of halogens is 3. The van der Waals surface area contributed by atoms with E-state index in [9.17, 15) is 18.0 Å². The lowest BCUT2D eigenvalue weighted by Crippen LogP contribution is -2.55. The van der Waals surface area contributed by atoms with Crippen LogP contribution < -0.4 is 11.1 Å². The molecule has 1 amide bonds. The third-order valence-electron chi connectivity index (χ3n) is 3.62. The molecular formula is C14H17F3N4O2. The number of ether oxygens (including phenoxy) is 1. The molecule has 3 N–H and O–H groups in total. The number of carbonyl (C=O) groups is 1. The van der Waals surface area contributed by atoms with Crippen molar-refractivity contribution in [2.75, 3.05) is 20.3 Å². The van der Waals surface area contributed by atoms with E-state index in [1.807, 2.05) is 0 Å². The Morgan fingerprint density at radius 3 is 2.39 bits per heavy atom. The number of amides is 1. The lowest BCUT2D eigenvalue weighted by atomic mass is 9.90. The van der Waals surface area contributed by atoms with E-state index in [0.29, 0.717) is 5.56 Å². The highest BCUT2D eigenvalue weighted by molar-refractivity contribution is 5.87. The Morgan fingerprint density at radius 1 is 1.30 bits per heavy atom. The zero-order valence-electron chi connectivity index (χ0n) is 12.4. The molecule has 0 aromatic heterocycles. The monoisotopic (exact) mass is 330 g/mol. The van der Waals surface area contributed by atoms with Gasteiger partial charge in [-0.05, 0) is 5.56 Å². The van der Waals surface area contributed by atoms with Crippen molar-refractivity contribution in [1.82, 2.24) is 5.32 Å². The Morgan fingerprint density at radius 2 is 1.91 bits per heavy atom. The number of hydrogen-bond donors (Lipinski definition) is 2. The fourth-order valence-electron chi connectivity index (χ4n) is 2.17. The third kappa shape index (κ3) is 3.50. The zero-order chi connectivity index (χ0) is 17.1. The Bertz CT molecular complexity index is 585. The molecule has 1 aromatic carbocycles. The van der Waals surface area contributed by atoms with Gasteiger partial charge in [-0.2, -0.15) is 13.2 Å². The summed E-state index contributed by atoms with van der Waals surface area (Å²) >= 11 is 0. The molecule has 0 radical (unpaired) electrons. The molecule has 6 nitrogen and oxygen atoms in total. The van der Waals surface area contributed by atoms with Crippen molar-refractivity contribution in [3.63, 3.8) is 0 Å². The van der Waals surface area contributed by atoms with Crippen molar-refractivity contribution in [2.45, 2.75) is 23.8 Å². The lowest BCUT2D eigenvalue weighted by molar-refractivity contribution is -0.165. The van der Waals surface area contributed by atoms with Crippen LogP contribution >= 0.6 is 0 Å². The van der Waals surface area contributed by atoms with Crippen LogP contribution in [-0.4, -0.2) is 38.0 Å². The van der Waals surface area contributed by atoms with E-state index >= 15 is 0 Å². The predicted molar refractivity (Wildman–Crippen MR) is 75.5 cm³/mol. The van der Waals surface area contributed by atoms with Gasteiger partial charge >= 0.3 is 6.18 Å². The first kappa shape index (κ1) is 17.4. The maximum atomic E-state index is 12.7. The first-order valence-electron chi connectivity index (χ1n) is 6.88. The third-order valence-corrected chi connectivity index (χ3v) is 3.62. The summed E-state index contributed by atoms with van der Waals surface area (Å²) in [6, 6.07) is 8.49. The lowest BCUT2D eigenvalue weighted by Gasteiger charge is -2.28. The number of nitrogens with one attached hydrogen (secondary N) is 1. The molecule has 0 bridgehead atoms. The molecule has 0 saturated heterocycles. The number of methoxy groups -OCH3 is 1. The molecule has 1 aromatic rings. The second-order valence-electron chi connectivity index (χ2n) is 5.29. The van der Waals surface area contributed by atoms with E-state index < -0.39 is 29.7 Å². The molecule has 1 aliphatic rings. The molecule has 0 spiro atoms. The molecule has 1 heterocycles. The number of nitrogens with zero attached hydrogens (tertiary/aromatic N) is 2. The number of nitrogens with two attached hydrogens (primary N) is 1. The summed E-state index contributed by atoms with van der Waals surface area (Å²) in [4.78, 5) is 12.4. The second-order valence-corrected chi connectivity index (χ2v) is 5.29. The van der Waals surface area contributed by atoms with Crippen molar-refractivity contribution in [3.8, 4) is 0 Å². The van der Waals surface area contributed by atoms with Crippen molar-refractivity contribution in [3.05, 3.63) is 35.9 Å². The van der Waals surface area contributed by atoms with Crippen LogP contribution in [0.15, 0.2) is 40.6 Å². The number of rotatable bonds is 7. The SMILES string of the molecule is COCC(N)(C(=O)NCCC1(C(F)(F)F)N=N1)c1ccccc1. The molecule has 0 fully saturated rings. The number of benzene rings is 1. The second kappa shape index (κ2) is 6.25. The standard InChI is InChI=1S/C14H17F3N4O2/c1-23-9-12(18,10-5-3-2-4-6-10)11(22)19-8-7-13(20-21-13)14(15,16)17/h2-6H,7-9,18H2,1H3,(H,19,22). The largest absolute Gasteiger partial charge is 0.437 e. The minimum Gasteiger partial charge on any atom is -0.382 e. The molecule has 0 aliphatic carbocycles. The van der Waals surface area contributed by atoms with Gasteiger partial charge in [0.1, 0.15) is 5.54 Å². The van der Waals surface area contributed by atoms with Gasteiger partial charge in [0.2, 0.25) is 5.91 Å². The van der Waals surface area contributed by atoms with Crippen molar-refractivity contribution in [1.29, 1.82) is 0 Å². The summed E-state index contributed by atoms with van der Waals surface area (Å²) < 4.78 is 43.1. The van der Waals surface area contributed by atoms with Crippen molar-refractivity contribution < 1.29 is 22.7 Å². The normalized spacial score (nSPS) is 18.3. The van der Waals surface area contributed by atoms with Crippen LogP contribution in [0, 0.1) is 0 Å². The first-order valence-corrected chi connectivity index (χ1v) is 6.88. The summed E-state index contributed by atoms with van der Waals surface area (Å²) in [5, 5.41) is 8.51. The summed E-state index contributed by atoms with van der Waals surface area (Å²) in [7, 11) is 1.39. The van der Waals surface area contributed by atoms with Gasteiger partial charge < -0.3 is 15.8 Å².